The van der Waals surface area contributed by atoms with E-state index in [0.717, 1.165) is 38.6 Å². The van der Waals surface area contributed by atoms with Crippen LogP contribution in [-0.2, 0) is 0 Å². The van der Waals surface area contributed by atoms with E-state index < -0.39 is 6.10 Å². The number of nitrogens with zero attached hydrogens (tertiary/aromatic N) is 2. The highest BCUT2D eigenvalue weighted by molar-refractivity contribution is 5.18. The van der Waals surface area contributed by atoms with Gasteiger partial charge in [0.1, 0.15) is 5.82 Å². The Bertz CT molecular complexity index is 456. The quantitative estimate of drug-likeness (QED) is 0.871. The van der Waals surface area contributed by atoms with E-state index in [1.807, 2.05) is 0 Å². The van der Waals surface area contributed by atoms with Gasteiger partial charge in [0, 0.05) is 39.3 Å². The van der Waals surface area contributed by atoms with Crippen LogP contribution in [0.1, 0.15) is 30.9 Å². The fourth-order valence-electron chi connectivity index (χ4n) is 3.05. The third-order valence-corrected chi connectivity index (χ3v) is 4.63. The molecular weight excluding hydrogens is 267 g/mol. The SMILES string of the molecule is OC(CCN1CCN(CC2CC2)CC1)c1cccc(F)c1. The number of rotatable bonds is 6. The van der Waals surface area contributed by atoms with Crippen LogP contribution < -0.4 is 0 Å². The Hall–Kier alpha value is -0.970. The van der Waals surface area contributed by atoms with Crippen LogP contribution in [0.2, 0.25) is 0 Å². The largest absolute Gasteiger partial charge is 0.388 e. The maximum Gasteiger partial charge on any atom is 0.123 e. The van der Waals surface area contributed by atoms with Crippen molar-refractivity contribution in [2.24, 2.45) is 5.92 Å². The lowest BCUT2D eigenvalue weighted by Gasteiger charge is -2.35. The van der Waals surface area contributed by atoms with Gasteiger partial charge in [-0.2, -0.15) is 0 Å². The molecule has 2 fully saturated rings. The first-order valence-corrected chi connectivity index (χ1v) is 8.09. The van der Waals surface area contributed by atoms with Gasteiger partial charge >= 0.3 is 0 Å². The fourth-order valence-corrected chi connectivity index (χ4v) is 3.05. The number of piperazine rings is 1. The predicted octanol–water partition coefficient (Wildman–Crippen LogP) is 2.28. The van der Waals surface area contributed by atoms with Crippen molar-refractivity contribution in [1.29, 1.82) is 0 Å². The summed E-state index contributed by atoms with van der Waals surface area (Å²) in [7, 11) is 0. The lowest BCUT2D eigenvalue weighted by Crippen LogP contribution is -2.47. The minimum Gasteiger partial charge on any atom is -0.388 e. The molecule has 1 aromatic carbocycles. The third kappa shape index (κ3) is 4.50. The van der Waals surface area contributed by atoms with E-state index in [2.05, 4.69) is 9.80 Å². The van der Waals surface area contributed by atoms with Crippen LogP contribution in [0.5, 0.6) is 0 Å². The first-order valence-electron chi connectivity index (χ1n) is 8.09. The number of aliphatic hydroxyl groups excluding tert-OH is 1. The standard InChI is InChI=1S/C17H25FN2O/c18-16-3-1-2-15(12-16)17(21)6-7-19-8-10-20(11-9-19)13-14-4-5-14/h1-3,12,14,17,21H,4-11,13H2. The number of aliphatic hydroxyl groups is 1. The van der Waals surface area contributed by atoms with Crippen molar-refractivity contribution in [2.45, 2.75) is 25.4 Å². The van der Waals surface area contributed by atoms with Crippen molar-refractivity contribution >= 4 is 0 Å². The Kier molecular flexibility index (Phi) is 4.88. The summed E-state index contributed by atoms with van der Waals surface area (Å²) >= 11 is 0. The lowest BCUT2D eigenvalue weighted by atomic mass is 10.1. The molecule has 1 unspecified atom stereocenters. The highest BCUT2D eigenvalue weighted by Gasteiger charge is 2.26. The number of hydrogen-bond acceptors (Lipinski definition) is 3. The zero-order valence-corrected chi connectivity index (χ0v) is 12.5. The summed E-state index contributed by atoms with van der Waals surface area (Å²) in [6, 6.07) is 6.29. The van der Waals surface area contributed by atoms with Crippen molar-refractivity contribution in [1.82, 2.24) is 9.80 Å². The van der Waals surface area contributed by atoms with Gasteiger partial charge in [-0.25, -0.2) is 4.39 Å². The van der Waals surface area contributed by atoms with Crippen LogP contribution in [0.25, 0.3) is 0 Å². The van der Waals surface area contributed by atoms with E-state index in [1.54, 1.807) is 12.1 Å². The predicted molar refractivity (Wildman–Crippen MR) is 81.6 cm³/mol. The second-order valence-electron chi connectivity index (χ2n) is 6.45. The molecule has 1 atom stereocenters. The van der Waals surface area contributed by atoms with Crippen molar-refractivity contribution in [3.05, 3.63) is 35.6 Å². The monoisotopic (exact) mass is 292 g/mol. The summed E-state index contributed by atoms with van der Waals surface area (Å²) in [5, 5.41) is 10.2. The molecule has 2 aliphatic rings. The second-order valence-corrected chi connectivity index (χ2v) is 6.45. The first kappa shape index (κ1) is 14.9. The Balaban J connectivity index is 1.39. The highest BCUT2D eigenvalue weighted by Crippen LogP contribution is 2.30. The molecule has 1 aliphatic carbocycles. The number of benzene rings is 1. The van der Waals surface area contributed by atoms with Gasteiger partial charge in [-0.1, -0.05) is 12.1 Å². The van der Waals surface area contributed by atoms with Crippen LogP contribution in [0.15, 0.2) is 24.3 Å². The molecule has 0 spiro atoms. The zero-order chi connectivity index (χ0) is 14.7. The van der Waals surface area contributed by atoms with E-state index in [1.165, 1.54) is 31.5 Å². The zero-order valence-electron chi connectivity index (χ0n) is 12.5. The van der Waals surface area contributed by atoms with Crippen molar-refractivity contribution in [3.63, 3.8) is 0 Å². The van der Waals surface area contributed by atoms with Gasteiger partial charge in [-0.15, -0.1) is 0 Å². The van der Waals surface area contributed by atoms with Crippen LogP contribution in [-0.4, -0.2) is 54.2 Å². The molecule has 4 heteroatoms. The van der Waals surface area contributed by atoms with E-state index in [9.17, 15) is 9.50 Å². The summed E-state index contributed by atoms with van der Waals surface area (Å²) in [6.45, 7) is 6.62. The molecule has 3 nitrogen and oxygen atoms in total. The average Bonchev–Trinajstić information content (AvgIpc) is 3.30. The third-order valence-electron chi connectivity index (χ3n) is 4.63. The molecule has 0 radical (unpaired) electrons. The summed E-state index contributed by atoms with van der Waals surface area (Å²) in [5.74, 6) is 0.687. The Morgan fingerprint density at radius 2 is 1.86 bits per heavy atom. The lowest BCUT2D eigenvalue weighted by molar-refractivity contribution is 0.100. The van der Waals surface area contributed by atoms with Gasteiger partial charge in [0.25, 0.3) is 0 Å². The maximum atomic E-state index is 13.1. The van der Waals surface area contributed by atoms with Gasteiger partial charge in [0.15, 0.2) is 0 Å². The molecule has 1 aliphatic heterocycles. The summed E-state index contributed by atoms with van der Waals surface area (Å²) in [6.07, 6.45) is 2.94. The van der Waals surface area contributed by atoms with E-state index >= 15 is 0 Å². The molecule has 0 aromatic heterocycles. The molecule has 0 bridgehead atoms. The molecule has 1 heterocycles. The van der Waals surface area contributed by atoms with E-state index in [4.69, 9.17) is 0 Å². The molecular formula is C17H25FN2O. The Morgan fingerprint density at radius 1 is 1.14 bits per heavy atom. The van der Waals surface area contributed by atoms with Crippen LogP contribution in [0.4, 0.5) is 4.39 Å². The molecule has 1 saturated heterocycles. The molecule has 1 saturated carbocycles. The molecule has 1 N–H and O–H groups in total. The molecule has 0 amide bonds. The highest BCUT2D eigenvalue weighted by atomic mass is 19.1. The molecule has 21 heavy (non-hydrogen) atoms. The normalized spacial score (nSPS) is 22.4. The number of halogens is 1. The topological polar surface area (TPSA) is 26.7 Å². The smallest absolute Gasteiger partial charge is 0.123 e. The summed E-state index contributed by atoms with van der Waals surface area (Å²) in [4.78, 5) is 4.98. The number of hydrogen-bond donors (Lipinski definition) is 1. The first-order chi connectivity index (χ1) is 10.2. The van der Waals surface area contributed by atoms with Crippen molar-refractivity contribution < 1.29 is 9.50 Å². The summed E-state index contributed by atoms with van der Waals surface area (Å²) in [5.41, 5.74) is 0.683. The van der Waals surface area contributed by atoms with Crippen molar-refractivity contribution in [3.8, 4) is 0 Å². The molecule has 3 rings (SSSR count). The van der Waals surface area contributed by atoms with Gasteiger partial charge in [-0.3, -0.25) is 0 Å². The maximum absolute atomic E-state index is 13.1. The van der Waals surface area contributed by atoms with Gasteiger partial charge < -0.3 is 14.9 Å². The second kappa shape index (κ2) is 6.86. The molecule has 1 aromatic rings. The van der Waals surface area contributed by atoms with Crippen molar-refractivity contribution in [2.75, 3.05) is 39.3 Å². The van der Waals surface area contributed by atoms with Gasteiger partial charge in [0.05, 0.1) is 6.10 Å². The minimum absolute atomic E-state index is 0.278. The Labute approximate surface area is 126 Å². The molecule has 116 valence electrons. The van der Waals surface area contributed by atoms with Crippen LogP contribution in [0.3, 0.4) is 0 Å². The van der Waals surface area contributed by atoms with Crippen LogP contribution in [0, 0.1) is 11.7 Å². The Morgan fingerprint density at radius 3 is 2.52 bits per heavy atom. The van der Waals surface area contributed by atoms with Crippen LogP contribution >= 0.6 is 0 Å². The van der Waals surface area contributed by atoms with E-state index in [0.29, 0.717) is 12.0 Å². The minimum atomic E-state index is -0.565. The van der Waals surface area contributed by atoms with Gasteiger partial charge in [-0.05, 0) is 42.9 Å². The average molecular weight is 292 g/mol. The summed E-state index contributed by atoms with van der Waals surface area (Å²) < 4.78 is 13.1. The fraction of sp³-hybridized carbons (Fsp3) is 0.647. The van der Waals surface area contributed by atoms with E-state index in [-0.39, 0.29) is 5.82 Å². The van der Waals surface area contributed by atoms with Gasteiger partial charge in [0.2, 0.25) is 0 Å².